The molecule has 1 fully saturated rings. The number of carbonyl (C=O) groups is 1. The second-order valence-corrected chi connectivity index (χ2v) is 7.56. The predicted octanol–water partition coefficient (Wildman–Crippen LogP) is 3.05. The summed E-state index contributed by atoms with van der Waals surface area (Å²) >= 11 is 1.59. The summed E-state index contributed by atoms with van der Waals surface area (Å²) in [5.74, 6) is 1.89. The van der Waals surface area contributed by atoms with Gasteiger partial charge in [0.2, 0.25) is 11.8 Å². The molecule has 2 aromatic rings. The van der Waals surface area contributed by atoms with Gasteiger partial charge in [0, 0.05) is 32.6 Å². The fraction of sp³-hybridized carbons (Fsp3) is 0.588. The largest absolute Gasteiger partial charge is 0.418 e. The van der Waals surface area contributed by atoms with E-state index < -0.39 is 0 Å². The van der Waals surface area contributed by atoms with E-state index >= 15 is 0 Å². The minimum Gasteiger partial charge on any atom is -0.418 e. The van der Waals surface area contributed by atoms with E-state index in [0.29, 0.717) is 24.1 Å². The summed E-state index contributed by atoms with van der Waals surface area (Å²) in [6.07, 6.45) is 0.628. The van der Waals surface area contributed by atoms with Crippen LogP contribution >= 0.6 is 11.3 Å². The first-order chi connectivity index (χ1) is 11.5. The van der Waals surface area contributed by atoms with Crippen molar-refractivity contribution in [2.24, 2.45) is 5.92 Å². The van der Waals surface area contributed by atoms with Gasteiger partial charge in [0.05, 0.1) is 10.9 Å². The molecular weight excluding hydrogens is 324 g/mol. The van der Waals surface area contributed by atoms with Crippen LogP contribution in [0.2, 0.25) is 0 Å². The van der Waals surface area contributed by atoms with Crippen LogP contribution in [-0.4, -0.2) is 52.1 Å². The van der Waals surface area contributed by atoms with Gasteiger partial charge in [-0.1, -0.05) is 19.9 Å². The van der Waals surface area contributed by atoms with Crippen LogP contribution in [0, 0.1) is 5.92 Å². The molecule has 24 heavy (non-hydrogen) atoms. The standard InChI is InChI=1S/C17H24N4O2S/c1-12(2)11-15(22)21-8-6-20(7-9-21)13(3)16-18-19-17(23-16)14-5-4-10-24-14/h4-5,10,12-13H,6-9,11H2,1-3H3/t13-/m0/s1. The highest BCUT2D eigenvalue weighted by atomic mass is 32.1. The lowest BCUT2D eigenvalue weighted by molar-refractivity contribution is -0.134. The minimum absolute atomic E-state index is 0.0635. The van der Waals surface area contributed by atoms with Crippen molar-refractivity contribution in [2.75, 3.05) is 26.2 Å². The van der Waals surface area contributed by atoms with E-state index in [1.807, 2.05) is 22.4 Å². The molecule has 1 saturated heterocycles. The average Bonchev–Trinajstić information content (AvgIpc) is 3.24. The molecule has 0 saturated carbocycles. The summed E-state index contributed by atoms with van der Waals surface area (Å²) in [4.78, 5) is 17.4. The molecule has 1 aliphatic rings. The van der Waals surface area contributed by atoms with Gasteiger partial charge in [0.1, 0.15) is 0 Å². The van der Waals surface area contributed by atoms with E-state index in [4.69, 9.17) is 4.42 Å². The molecule has 3 heterocycles. The third-order valence-electron chi connectivity index (χ3n) is 4.33. The number of rotatable bonds is 5. The van der Waals surface area contributed by atoms with Crippen LogP contribution in [0.25, 0.3) is 10.8 Å². The van der Waals surface area contributed by atoms with Gasteiger partial charge >= 0.3 is 0 Å². The zero-order valence-electron chi connectivity index (χ0n) is 14.4. The maximum absolute atomic E-state index is 12.2. The molecule has 3 rings (SSSR count). The fourth-order valence-electron chi connectivity index (χ4n) is 2.90. The maximum atomic E-state index is 12.2. The third kappa shape index (κ3) is 3.84. The molecule has 1 amide bonds. The van der Waals surface area contributed by atoms with Gasteiger partial charge in [-0.25, -0.2) is 0 Å². The van der Waals surface area contributed by atoms with Crippen LogP contribution in [0.15, 0.2) is 21.9 Å². The van der Waals surface area contributed by atoms with Gasteiger partial charge < -0.3 is 9.32 Å². The van der Waals surface area contributed by atoms with E-state index in [2.05, 4.69) is 35.9 Å². The molecule has 2 aromatic heterocycles. The predicted molar refractivity (Wildman–Crippen MR) is 93.6 cm³/mol. The van der Waals surface area contributed by atoms with E-state index in [-0.39, 0.29) is 11.9 Å². The first kappa shape index (κ1) is 17.1. The molecule has 1 atom stereocenters. The van der Waals surface area contributed by atoms with Gasteiger partial charge in [0.25, 0.3) is 5.89 Å². The summed E-state index contributed by atoms with van der Waals surface area (Å²) < 4.78 is 5.84. The molecule has 0 radical (unpaired) electrons. The Kier molecular flexibility index (Phi) is 5.30. The summed E-state index contributed by atoms with van der Waals surface area (Å²) in [5, 5.41) is 10.4. The summed E-state index contributed by atoms with van der Waals surface area (Å²) in [7, 11) is 0. The third-order valence-corrected chi connectivity index (χ3v) is 5.19. The number of piperazine rings is 1. The second-order valence-electron chi connectivity index (χ2n) is 6.61. The van der Waals surface area contributed by atoms with E-state index in [1.165, 1.54) is 0 Å². The lowest BCUT2D eigenvalue weighted by Crippen LogP contribution is -2.49. The van der Waals surface area contributed by atoms with E-state index in [1.54, 1.807) is 11.3 Å². The van der Waals surface area contributed by atoms with Crippen molar-refractivity contribution in [1.29, 1.82) is 0 Å². The number of hydrogen-bond donors (Lipinski definition) is 0. The van der Waals surface area contributed by atoms with Gasteiger partial charge in [-0.3, -0.25) is 9.69 Å². The number of nitrogens with zero attached hydrogens (tertiary/aromatic N) is 4. The van der Waals surface area contributed by atoms with Crippen LogP contribution < -0.4 is 0 Å². The van der Waals surface area contributed by atoms with Crippen LogP contribution in [-0.2, 0) is 4.79 Å². The number of hydrogen-bond acceptors (Lipinski definition) is 6. The molecular formula is C17H24N4O2S. The molecule has 0 bridgehead atoms. The van der Waals surface area contributed by atoms with Gasteiger partial charge in [-0.2, -0.15) is 0 Å². The van der Waals surface area contributed by atoms with E-state index in [9.17, 15) is 4.79 Å². The minimum atomic E-state index is 0.0635. The smallest absolute Gasteiger partial charge is 0.257 e. The zero-order chi connectivity index (χ0) is 17.1. The fourth-order valence-corrected chi connectivity index (χ4v) is 3.54. The quantitative estimate of drug-likeness (QED) is 0.831. The van der Waals surface area contributed by atoms with Gasteiger partial charge in [0.15, 0.2) is 0 Å². The second kappa shape index (κ2) is 7.44. The molecule has 0 spiro atoms. The number of aromatic nitrogens is 2. The first-order valence-corrected chi connectivity index (χ1v) is 9.31. The Labute approximate surface area is 146 Å². The van der Waals surface area contributed by atoms with Crippen molar-refractivity contribution in [3.05, 3.63) is 23.4 Å². The van der Waals surface area contributed by atoms with Crippen LogP contribution in [0.5, 0.6) is 0 Å². The Morgan fingerprint density at radius 1 is 1.25 bits per heavy atom. The molecule has 0 N–H and O–H groups in total. The molecule has 0 unspecified atom stereocenters. The maximum Gasteiger partial charge on any atom is 0.257 e. The Morgan fingerprint density at radius 2 is 2.00 bits per heavy atom. The SMILES string of the molecule is CC(C)CC(=O)N1CCN([C@@H](C)c2nnc(-c3cccs3)o2)CC1. The first-order valence-electron chi connectivity index (χ1n) is 8.43. The highest BCUT2D eigenvalue weighted by Crippen LogP contribution is 2.27. The van der Waals surface area contributed by atoms with Crippen molar-refractivity contribution in [1.82, 2.24) is 20.0 Å². The normalized spacial score (nSPS) is 17.4. The molecule has 6 nitrogen and oxygen atoms in total. The van der Waals surface area contributed by atoms with Crippen molar-refractivity contribution in [3.63, 3.8) is 0 Å². The summed E-state index contributed by atoms with van der Waals surface area (Å²) in [5.41, 5.74) is 0. The van der Waals surface area contributed by atoms with Gasteiger partial charge in [-0.15, -0.1) is 21.5 Å². The summed E-state index contributed by atoms with van der Waals surface area (Å²) in [6, 6.07) is 4.01. The summed E-state index contributed by atoms with van der Waals surface area (Å²) in [6.45, 7) is 9.44. The van der Waals surface area contributed by atoms with Crippen molar-refractivity contribution in [3.8, 4) is 10.8 Å². The topological polar surface area (TPSA) is 62.5 Å². The Hall–Kier alpha value is -1.73. The Morgan fingerprint density at radius 3 is 2.62 bits per heavy atom. The van der Waals surface area contributed by atoms with E-state index in [0.717, 1.165) is 31.1 Å². The molecule has 0 aliphatic carbocycles. The Bertz CT molecular complexity index is 660. The van der Waals surface area contributed by atoms with Gasteiger partial charge in [-0.05, 0) is 24.3 Å². The van der Waals surface area contributed by atoms with Crippen molar-refractivity contribution in [2.45, 2.75) is 33.2 Å². The highest BCUT2D eigenvalue weighted by Gasteiger charge is 2.27. The number of amides is 1. The van der Waals surface area contributed by atoms with Crippen molar-refractivity contribution < 1.29 is 9.21 Å². The molecule has 1 aliphatic heterocycles. The average molecular weight is 348 g/mol. The highest BCUT2D eigenvalue weighted by molar-refractivity contribution is 7.13. The molecule has 7 heteroatoms. The molecule has 0 aromatic carbocycles. The lowest BCUT2D eigenvalue weighted by Gasteiger charge is -2.37. The lowest BCUT2D eigenvalue weighted by atomic mass is 10.1. The van der Waals surface area contributed by atoms with Crippen LogP contribution in [0.3, 0.4) is 0 Å². The number of thiophene rings is 1. The van der Waals surface area contributed by atoms with Crippen LogP contribution in [0.4, 0.5) is 0 Å². The monoisotopic (exact) mass is 348 g/mol. The zero-order valence-corrected chi connectivity index (χ0v) is 15.3. The Balaban J connectivity index is 1.57. The van der Waals surface area contributed by atoms with Crippen molar-refractivity contribution >= 4 is 17.2 Å². The van der Waals surface area contributed by atoms with Crippen LogP contribution in [0.1, 0.15) is 39.1 Å². The number of carbonyl (C=O) groups excluding carboxylic acids is 1. The molecule has 130 valence electrons.